The monoisotopic (exact) mass is 236 g/mol. The Morgan fingerprint density at radius 2 is 2.19 bits per heavy atom. The summed E-state index contributed by atoms with van der Waals surface area (Å²) in [4.78, 5) is 8.25. The first-order valence-corrected chi connectivity index (χ1v) is 5.62. The Kier molecular flexibility index (Phi) is 3.25. The summed E-state index contributed by atoms with van der Waals surface area (Å²) in [5.41, 5.74) is 1.99. The second-order valence-electron chi connectivity index (χ2n) is 3.57. The molecule has 0 aliphatic heterocycles. The highest BCUT2D eigenvalue weighted by atomic mass is 35.5. The minimum absolute atomic E-state index is 0.276. The van der Waals surface area contributed by atoms with Crippen molar-refractivity contribution in [3.05, 3.63) is 29.2 Å². The lowest BCUT2D eigenvalue weighted by Crippen LogP contribution is -1.96. The third kappa shape index (κ3) is 1.95. The van der Waals surface area contributed by atoms with Crippen LogP contribution in [0.5, 0.6) is 5.75 Å². The summed E-state index contributed by atoms with van der Waals surface area (Å²) in [6.07, 6.45) is 3.70. The van der Waals surface area contributed by atoms with Crippen molar-refractivity contribution in [2.75, 3.05) is 7.11 Å². The molecule has 1 aromatic heterocycles. The predicted octanol–water partition coefficient (Wildman–Crippen LogP) is 3.24. The molecule has 0 radical (unpaired) electrons. The number of nitrogens with zero attached hydrogens (tertiary/aromatic N) is 2. The molecule has 0 saturated carbocycles. The predicted molar refractivity (Wildman–Crippen MR) is 65.1 cm³/mol. The van der Waals surface area contributed by atoms with Crippen molar-refractivity contribution < 1.29 is 4.74 Å². The number of ether oxygens (including phenoxy) is 1. The Hall–Kier alpha value is -1.35. The highest BCUT2D eigenvalue weighted by Gasteiger charge is 2.09. The molecule has 0 atom stereocenters. The molecule has 0 aliphatic rings. The van der Waals surface area contributed by atoms with Gasteiger partial charge in [-0.2, -0.15) is 0 Å². The average molecular weight is 237 g/mol. The molecule has 4 heteroatoms. The molecular weight excluding hydrogens is 224 g/mol. The van der Waals surface area contributed by atoms with Crippen LogP contribution in [0.2, 0.25) is 5.28 Å². The molecule has 0 unspecified atom stereocenters. The van der Waals surface area contributed by atoms with Gasteiger partial charge >= 0.3 is 0 Å². The van der Waals surface area contributed by atoms with E-state index >= 15 is 0 Å². The van der Waals surface area contributed by atoms with Gasteiger partial charge in [-0.25, -0.2) is 9.97 Å². The van der Waals surface area contributed by atoms with Crippen LogP contribution in [-0.4, -0.2) is 17.1 Å². The number of hydrogen-bond acceptors (Lipinski definition) is 3. The van der Waals surface area contributed by atoms with Crippen molar-refractivity contribution in [3.8, 4) is 5.75 Å². The summed E-state index contributed by atoms with van der Waals surface area (Å²) in [6, 6.07) is 3.90. The highest BCUT2D eigenvalue weighted by Crippen LogP contribution is 2.28. The molecule has 0 fully saturated rings. The van der Waals surface area contributed by atoms with E-state index in [-0.39, 0.29) is 5.28 Å². The van der Waals surface area contributed by atoms with Crippen LogP contribution >= 0.6 is 11.6 Å². The second kappa shape index (κ2) is 4.66. The van der Waals surface area contributed by atoms with Crippen LogP contribution in [0.3, 0.4) is 0 Å². The van der Waals surface area contributed by atoms with Crippen LogP contribution in [0.1, 0.15) is 18.9 Å². The van der Waals surface area contributed by atoms with Crippen LogP contribution in [0, 0.1) is 0 Å². The molecule has 0 N–H and O–H groups in total. The van der Waals surface area contributed by atoms with Gasteiger partial charge in [-0.05, 0) is 30.2 Å². The standard InChI is InChI=1S/C12H13ClN2O/c1-3-4-9-10(16-2)6-5-8-7-14-12(13)15-11(8)9/h5-7H,3-4H2,1-2H3. The van der Waals surface area contributed by atoms with Crippen LogP contribution in [0.25, 0.3) is 10.9 Å². The van der Waals surface area contributed by atoms with E-state index in [1.54, 1.807) is 13.3 Å². The molecule has 0 saturated heterocycles. The number of halogens is 1. The van der Waals surface area contributed by atoms with Crippen molar-refractivity contribution >= 4 is 22.5 Å². The number of hydrogen-bond donors (Lipinski definition) is 0. The maximum absolute atomic E-state index is 5.82. The minimum Gasteiger partial charge on any atom is -0.496 e. The SMILES string of the molecule is CCCc1c(OC)ccc2cnc(Cl)nc12. The van der Waals surface area contributed by atoms with E-state index in [0.29, 0.717) is 0 Å². The van der Waals surface area contributed by atoms with Crippen molar-refractivity contribution in [1.29, 1.82) is 0 Å². The maximum atomic E-state index is 5.82. The number of benzene rings is 1. The third-order valence-electron chi connectivity index (χ3n) is 2.51. The molecule has 1 heterocycles. The number of rotatable bonds is 3. The first-order chi connectivity index (χ1) is 7.76. The zero-order valence-electron chi connectivity index (χ0n) is 9.33. The molecule has 2 rings (SSSR count). The lowest BCUT2D eigenvalue weighted by molar-refractivity contribution is 0.410. The van der Waals surface area contributed by atoms with E-state index in [0.717, 1.165) is 35.1 Å². The highest BCUT2D eigenvalue weighted by molar-refractivity contribution is 6.28. The summed E-state index contributed by atoms with van der Waals surface area (Å²) >= 11 is 5.82. The number of fused-ring (bicyclic) bond motifs is 1. The van der Waals surface area contributed by atoms with Crippen molar-refractivity contribution in [2.24, 2.45) is 0 Å². The number of methoxy groups -OCH3 is 1. The van der Waals surface area contributed by atoms with E-state index in [9.17, 15) is 0 Å². The Balaban J connectivity index is 2.71. The molecule has 3 nitrogen and oxygen atoms in total. The van der Waals surface area contributed by atoms with Crippen LogP contribution in [-0.2, 0) is 6.42 Å². The topological polar surface area (TPSA) is 35.0 Å². The van der Waals surface area contributed by atoms with E-state index < -0.39 is 0 Å². The fraction of sp³-hybridized carbons (Fsp3) is 0.333. The van der Waals surface area contributed by atoms with Gasteiger partial charge in [0.25, 0.3) is 0 Å². The fourth-order valence-electron chi connectivity index (χ4n) is 1.80. The summed E-state index contributed by atoms with van der Waals surface area (Å²) in [6.45, 7) is 2.13. The molecule has 0 spiro atoms. The lowest BCUT2D eigenvalue weighted by atomic mass is 10.1. The van der Waals surface area contributed by atoms with Gasteiger partial charge in [-0.15, -0.1) is 0 Å². The van der Waals surface area contributed by atoms with Crippen LogP contribution in [0.4, 0.5) is 0 Å². The van der Waals surface area contributed by atoms with E-state index in [2.05, 4.69) is 16.9 Å². The van der Waals surface area contributed by atoms with Gasteiger partial charge in [-0.1, -0.05) is 13.3 Å². The molecule has 0 bridgehead atoms. The summed E-state index contributed by atoms with van der Waals surface area (Å²) in [5.74, 6) is 0.865. The van der Waals surface area contributed by atoms with Gasteiger partial charge in [0, 0.05) is 17.1 Å². The molecule has 84 valence electrons. The number of aryl methyl sites for hydroxylation is 1. The van der Waals surface area contributed by atoms with E-state index in [1.165, 1.54) is 0 Å². The van der Waals surface area contributed by atoms with Gasteiger partial charge in [-0.3, -0.25) is 0 Å². The smallest absolute Gasteiger partial charge is 0.222 e. The van der Waals surface area contributed by atoms with Crippen LogP contribution in [0.15, 0.2) is 18.3 Å². The zero-order chi connectivity index (χ0) is 11.5. The molecule has 0 aliphatic carbocycles. The van der Waals surface area contributed by atoms with Gasteiger partial charge in [0.05, 0.1) is 12.6 Å². The zero-order valence-corrected chi connectivity index (χ0v) is 10.1. The Morgan fingerprint density at radius 3 is 2.88 bits per heavy atom. The van der Waals surface area contributed by atoms with E-state index in [4.69, 9.17) is 16.3 Å². The summed E-state index contributed by atoms with van der Waals surface area (Å²) in [5, 5.41) is 1.27. The van der Waals surface area contributed by atoms with Crippen molar-refractivity contribution in [3.63, 3.8) is 0 Å². The van der Waals surface area contributed by atoms with Gasteiger partial charge in [0.15, 0.2) is 0 Å². The Morgan fingerprint density at radius 1 is 1.38 bits per heavy atom. The first-order valence-electron chi connectivity index (χ1n) is 5.24. The molecule has 0 amide bonds. The summed E-state index contributed by atoms with van der Waals surface area (Å²) in [7, 11) is 1.67. The quantitative estimate of drug-likeness (QED) is 0.768. The Bertz CT molecular complexity index is 514. The molecule has 16 heavy (non-hydrogen) atoms. The largest absolute Gasteiger partial charge is 0.496 e. The normalized spacial score (nSPS) is 10.7. The summed E-state index contributed by atoms with van der Waals surface area (Å²) < 4.78 is 5.34. The van der Waals surface area contributed by atoms with Gasteiger partial charge in [0.1, 0.15) is 5.75 Å². The Labute approximate surface area is 99.4 Å². The molecule has 2 aromatic rings. The van der Waals surface area contributed by atoms with Gasteiger partial charge < -0.3 is 4.74 Å². The maximum Gasteiger partial charge on any atom is 0.222 e. The molecule has 1 aromatic carbocycles. The van der Waals surface area contributed by atoms with Crippen molar-refractivity contribution in [1.82, 2.24) is 9.97 Å². The lowest BCUT2D eigenvalue weighted by Gasteiger charge is -2.10. The third-order valence-corrected chi connectivity index (χ3v) is 2.69. The van der Waals surface area contributed by atoms with Crippen molar-refractivity contribution in [2.45, 2.75) is 19.8 Å². The average Bonchev–Trinajstić information content (AvgIpc) is 2.30. The van der Waals surface area contributed by atoms with Gasteiger partial charge in [0.2, 0.25) is 5.28 Å². The number of aromatic nitrogens is 2. The van der Waals surface area contributed by atoms with Crippen LogP contribution < -0.4 is 4.74 Å². The first kappa shape index (κ1) is 11.1. The second-order valence-corrected chi connectivity index (χ2v) is 3.91. The molecular formula is C12H13ClN2O. The minimum atomic E-state index is 0.276. The fourth-order valence-corrected chi connectivity index (χ4v) is 1.93. The van der Waals surface area contributed by atoms with E-state index in [1.807, 2.05) is 12.1 Å².